The number of allylic oxidation sites excluding steroid dienone is 2. The van der Waals surface area contributed by atoms with Crippen LogP contribution in [0.15, 0.2) is 23.8 Å². The second-order valence-corrected chi connectivity index (χ2v) is 5.81. The molecule has 4 heteroatoms. The summed E-state index contributed by atoms with van der Waals surface area (Å²) in [5.41, 5.74) is 3.75. The Morgan fingerprint density at radius 3 is 2.90 bits per heavy atom. The summed E-state index contributed by atoms with van der Waals surface area (Å²) in [7, 11) is 1.40. The summed E-state index contributed by atoms with van der Waals surface area (Å²) in [5, 5.41) is 0. The fourth-order valence-corrected chi connectivity index (χ4v) is 2.30. The molecule has 0 fully saturated rings. The molecule has 3 nitrogen and oxygen atoms in total. The highest BCUT2D eigenvalue weighted by Crippen LogP contribution is 2.28. The van der Waals surface area contributed by atoms with Crippen molar-refractivity contribution in [1.82, 2.24) is 5.48 Å². The monoisotopic (exact) mass is 285 g/mol. The molecule has 1 rings (SSSR count). The Kier molecular flexibility index (Phi) is 6.86. The highest BCUT2D eigenvalue weighted by atomic mass is 19.2. The topological polar surface area (TPSA) is 30.5 Å². The molecule has 0 heterocycles. The quantitative estimate of drug-likeness (QED) is 0.746. The third-order valence-electron chi connectivity index (χ3n) is 3.61. The van der Waals surface area contributed by atoms with Gasteiger partial charge in [-0.05, 0) is 45.1 Å². The molecule has 1 N–H and O–H groups in total. The fourth-order valence-electron chi connectivity index (χ4n) is 2.30. The normalized spacial score (nSPS) is 31.4. The summed E-state index contributed by atoms with van der Waals surface area (Å²) in [6.07, 6.45) is 10.2. The molecule has 0 aromatic rings. The van der Waals surface area contributed by atoms with Gasteiger partial charge in [-0.25, -0.2) is 9.87 Å². The van der Waals surface area contributed by atoms with E-state index in [1.54, 1.807) is 0 Å². The first-order valence-electron chi connectivity index (χ1n) is 7.41. The number of ether oxygens (including phenoxy) is 1. The van der Waals surface area contributed by atoms with Gasteiger partial charge in [0.15, 0.2) is 0 Å². The van der Waals surface area contributed by atoms with Gasteiger partial charge in [-0.3, -0.25) is 4.84 Å². The zero-order valence-electron chi connectivity index (χ0n) is 13.2. The van der Waals surface area contributed by atoms with Crippen LogP contribution >= 0.6 is 0 Å². The van der Waals surface area contributed by atoms with Crippen molar-refractivity contribution in [3.05, 3.63) is 23.8 Å². The van der Waals surface area contributed by atoms with E-state index in [-0.39, 0.29) is 12.0 Å². The minimum atomic E-state index is -1.60. The summed E-state index contributed by atoms with van der Waals surface area (Å²) >= 11 is 0. The van der Waals surface area contributed by atoms with Gasteiger partial charge in [0.2, 0.25) is 5.85 Å². The van der Waals surface area contributed by atoms with Gasteiger partial charge < -0.3 is 4.74 Å². The zero-order chi connectivity index (χ0) is 15.1. The molecule has 1 aliphatic carbocycles. The van der Waals surface area contributed by atoms with Gasteiger partial charge in [0.25, 0.3) is 0 Å². The molecule has 0 aromatic carbocycles. The average molecular weight is 285 g/mol. The molecule has 0 aromatic heterocycles. The highest BCUT2D eigenvalue weighted by Gasteiger charge is 2.26. The van der Waals surface area contributed by atoms with Crippen molar-refractivity contribution in [1.29, 1.82) is 0 Å². The van der Waals surface area contributed by atoms with E-state index in [2.05, 4.69) is 24.6 Å². The molecule has 1 unspecified atom stereocenters. The first-order valence-corrected chi connectivity index (χ1v) is 7.41. The Hall–Kier alpha value is -0.710. The Labute approximate surface area is 122 Å². The van der Waals surface area contributed by atoms with Crippen molar-refractivity contribution >= 4 is 0 Å². The largest absolute Gasteiger partial charge is 0.349 e. The summed E-state index contributed by atoms with van der Waals surface area (Å²) in [5.74, 6) is -1.60. The lowest BCUT2D eigenvalue weighted by Crippen LogP contribution is -2.34. The van der Waals surface area contributed by atoms with Crippen LogP contribution in [0, 0.1) is 0 Å². The lowest BCUT2D eigenvalue weighted by Gasteiger charge is -2.28. The predicted octanol–water partition coefficient (Wildman–Crippen LogP) is 4.07. The second kappa shape index (κ2) is 7.91. The molecule has 0 aliphatic heterocycles. The van der Waals surface area contributed by atoms with Gasteiger partial charge in [0.1, 0.15) is 0 Å². The van der Waals surface area contributed by atoms with E-state index in [9.17, 15) is 4.39 Å². The molecular weight excluding hydrogens is 257 g/mol. The number of hydrogen-bond acceptors (Lipinski definition) is 3. The average Bonchev–Trinajstić information content (AvgIpc) is 2.48. The first-order chi connectivity index (χ1) is 9.41. The molecular formula is C16H28FNO2. The fraction of sp³-hybridized carbons (Fsp3) is 0.750. The van der Waals surface area contributed by atoms with Crippen LogP contribution < -0.4 is 5.48 Å². The number of nitrogens with one attached hydrogen (secondary N) is 1. The van der Waals surface area contributed by atoms with Crippen molar-refractivity contribution in [3.8, 4) is 0 Å². The van der Waals surface area contributed by atoms with Gasteiger partial charge in [-0.1, -0.05) is 25.2 Å². The first kappa shape index (κ1) is 17.3. The van der Waals surface area contributed by atoms with Gasteiger partial charge in [-0.2, -0.15) is 0 Å². The van der Waals surface area contributed by atoms with E-state index in [1.165, 1.54) is 14.0 Å². The molecule has 20 heavy (non-hydrogen) atoms. The summed E-state index contributed by atoms with van der Waals surface area (Å²) in [6, 6.07) is 0. The van der Waals surface area contributed by atoms with Crippen molar-refractivity contribution in [2.75, 3.05) is 13.7 Å². The third kappa shape index (κ3) is 6.16. The van der Waals surface area contributed by atoms with E-state index in [4.69, 9.17) is 9.57 Å². The van der Waals surface area contributed by atoms with Gasteiger partial charge in [0.05, 0.1) is 5.60 Å². The third-order valence-corrected chi connectivity index (χ3v) is 3.61. The van der Waals surface area contributed by atoms with Crippen LogP contribution in [-0.4, -0.2) is 25.1 Å². The van der Waals surface area contributed by atoms with Crippen molar-refractivity contribution in [2.24, 2.45) is 0 Å². The van der Waals surface area contributed by atoms with E-state index in [1.807, 2.05) is 13.0 Å². The number of halogens is 1. The standard InChI is InChI=1S/C16H28FNO2/c1-5-18-20-15(2)11-7-6-9-14(10-8-12-15)13-16(3,17)19-4/h8-10,18H,5-7,11-13H2,1-4H3/b10-8-,14-9+/t15-,16?/m0/s1. The molecule has 0 saturated carbocycles. The van der Waals surface area contributed by atoms with Crippen molar-refractivity contribution in [3.63, 3.8) is 0 Å². The SMILES string of the molecule is CCNO[C@]1(C)C/C=C\C(CC(C)(F)OC)=C/CCC1. The number of hydrogen-bond donors (Lipinski definition) is 1. The van der Waals surface area contributed by atoms with Crippen LogP contribution in [-0.2, 0) is 9.57 Å². The minimum absolute atomic E-state index is 0.198. The minimum Gasteiger partial charge on any atom is -0.349 e. The Bertz CT molecular complexity index is 352. The molecule has 2 atom stereocenters. The molecule has 1 aliphatic rings. The van der Waals surface area contributed by atoms with Crippen LogP contribution in [0.5, 0.6) is 0 Å². The summed E-state index contributed by atoms with van der Waals surface area (Å²) in [6.45, 7) is 6.38. The number of methoxy groups -OCH3 is 1. The molecule has 0 amide bonds. The zero-order valence-corrected chi connectivity index (χ0v) is 13.2. The predicted molar refractivity (Wildman–Crippen MR) is 80.0 cm³/mol. The van der Waals surface area contributed by atoms with Crippen LogP contribution in [0.1, 0.15) is 52.9 Å². The van der Waals surface area contributed by atoms with Crippen molar-refractivity contribution < 1.29 is 14.0 Å². The van der Waals surface area contributed by atoms with Gasteiger partial charge in [-0.15, -0.1) is 0 Å². The maximum atomic E-state index is 13.9. The second-order valence-electron chi connectivity index (χ2n) is 5.81. The lowest BCUT2D eigenvalue weighted by atomic mass is 9.95. The van der Waals surface area contributed by atoms with E-state index in [0.717, 1.165) is 37.8 Å². The summed E-state index contributed by atoms with van der Waals surface area (Å²) in [4.78, 5) is 5.74. The molecule has 0 saturated heterocycles. The van der Waals surface area contributed by atoms with Crippen LogP contribution in [0.25, 0.3) is 0 Å². The van der Waals surface area contributed by atoms with Gasteiger partial charge >= 0.3 is 0 Å². The molecule has 0 radical (unpaired) electrons. The molecule has 116 valence electrons. The van der Waals surface area contributed by atoms with Crippen LogP contribution in [0.2, 0.25) is 0 Å². The Balaban J connectivity index is 2.66. The number of alkyl halides is 1. The Morgan fingerprint density at radius 1 is 1.50 bits per heavy atom. The van der Waals surface area contributed by atoms with E-state index >= 15 is 0 Å². The number of hydroxylamine groups is 1. The smallest absolute Gasteiger partial charge is 0.210 e. The lowest BCUT2D eigenvalue weighted by molar-refractivity contribution is -0.103. The number of rotatable bonds is 6. The van der Waals surface area contributed by atoms with Gasteiger partial charge in [0, 0.05) is 20.1 Å². The van der Waals surface area contributed by atoms with Crippen LogP contribution in [0.4, 0.5) is 4.39 Å². The molecule has 0 spiro atoms. The summed E-state index contributed by atoms with van der Waals surface area (Å²) < 4.78 is 18.8. The maximum Gasteiger partial charge on any atom is 0.210 e. The highest BCUT2D eigenvalue weighted by molar-refractivity contribution is 5.21. The Morgan fingerprint density at radius 2 is 2.25 bits per heavy atom. The maximum absolute atomic E-state index is 13.9. The van der Waals surface area contributed by atoms with E-state index in [0.29, 0.717) is 0 Å². The molecule has 0 bridgehead atoms. The van der Waals surface area contributed by atoms with Crippen LogP contribution in [0.3, 0.4) is 0 Å². The van der Waals surface area contributed by atoms with E-state index < -0.39 is 5.85 Å². The van der Waals surface area contributed by atoms with Crippen molar-refractivity contribution in [2.45, 2.75) is 64.3 Å².